The monoisotopic (exact) mass is 261 g/mol. The molecule has 0 aliphatic carbocycles. The van der Waals surface area contributed by atoms with Gasteiger partial charge in [0, 0.05) is 11.9 Å². The van der Waals surface area contributed by atoms with E-state index in [4.69, 9.17) is 10.9 Å². The zero-order chi connectivity index (χ0) is 12.2. The second-order valence-electron chi connectivity index (χ2n) is 2.96. The number of amides is 1. The van der Waals surface area contributed by atoms with Gasteiger partial charge in [0.05, 0.1) is 16.3 Å². The molecular weight excluding hydrogens is 250 g/mol. The number of pyridine rings is 1. The fourth-order valence-electron chi connectivity index (χ4n) is 0.874. The van der Waals surface area contributed by atoms with Crippen molar-refractivity contribution in [2.24, 2.45) is 10.9 Å². The summed E-state index contributed by atoms with van der Waals surface area (Å²) in [5.74, 6) is -0.341. The van der Waals surface area contributed by atoms with Crippen molar-refractivity contribution in [3.05, 3.63) is 23.9 Å². The number of nitrogens with two attached hydrogens (primary N) is 2. The van der Waals surface area contributed by atoms with E-state index < -0.39 is 15.9 Å². The number of primary amides is 1. The number of hydrogen-bond acceptors (Lipinski definition) is 5. The van der Waals surface area contributed by atoms with Crippen LogP contribution in [0.4, 0.5) is 0 Å². The number of sulfonamides is 1. The normalized spacial score (nSPS) is 11.3. The lowest BCUT2D eigenvalue weighted by molar-refractivity contribution is 0.1000. The molecule has 0 aliphatic heterocycles. The summed E-state index contributed by atoms with van der Waals surface area (Å²) in [5, 5.41) is 5.46. The summed E-state index contributed by atoms with van der Waals surface area (Å²) in [6, 6.07) is 3.14. The van der Waals surface area contributed by atoms with Crippen LogP contribution < -0.4 is 10.9 Å². The molecule has 1 aromatic rings. The average molecular weight is 261 g/mol. The molecule has 0 unspecified atom stereocenters. The maximum Gasteiger partial charge on any atom is 0.250 e. The van der Waals surface area contributed by atoms with Gasteiger partial charge in [0.15, 0.2) is 0 Å². The highest BCUT2D eigenvalue weighted by Gasteiger charge is 2.05. The van der Waals surface area contributed by atoms with E-state index >= 15 is 0 Å². The standard InChI is InChI=1S/C8H11N3O3S2/c9-8(12)6-1-2-7(11-5-6)15-3-4-16(10,13)14/h1-2,5H,3-4H2,(H2,9,12)(H2,10,13,14). The number of aromatic nitrogens is 1. The molecule has 0 saturated heterocycles. The first-order valence-corrected chi connectivity index (χ1v) is 6.98. The number of thioether (sulfide) groups is 1. The van der Waals surface area contributed by atoms with E-state index in [9.17, 15) is 13.2 Å². The minimum Gasteiger partial charge on any atom is -0.366 e. The molecule has 0 aromatic carbocycles. The Kier molecular flexibility index (Phi) is 4.27. The molecule has 1 aromatic heterocycles. The van der Waals surface area contributed by atoms with Crippen LogP contribution in [0.1, 0.15) is 10.4 Å². The Labute approximate surface area is 97.5 Å². The smallest absolute Gasteiger partial charge is 0.250 e. The van der Waals surface area contributed by atoms with Crippen molar-refractivity contribution in [1.82, 2.24) is 4.98 Å². The third-order valence-electron chi connectivity index (χ3n) is 1.64. The third kappa shape index (κ3) is 4.60. The molecule has 1 heterocycles. The molecule has 0 spiro atoms. The summed E-state index contributed by atoms with van der Waals surface area (Å²) >= 11 is 1.25. The predicted octanol–water partition coefficient (Wildman–Crippen LogP) is -0.439. The molecule has 0 bridgehead atoms. The molecule has 0 fully saturated rings. The predicted molar refractivity (Wildman–Crippen MR) is 61.5 cm³/mol. The Morgan fingerprint density at radius 2 is 2.12 bits per heavy atom. The number of carbonyl (C=O) groups excluding carboxylic acids is 1. The van der Waals surface area contributed by atoms with Crippen molar-refractivity contribution in [2.75, 3.05) is 11.5 Å². The van der Waals surface area contributed by atoms with Gasteiger partial charge in [-0.1, -0.05) is 0 Å². The van der Waals surface area contributed by atoms with Crippen molar-refractivity contribution < 1.29 is 13.2 Å². The topological polar surface area (TPSA) is 116 Å². The maximum absolute atomic E-state index is 10.7. The van der Waals surface area contributed by atoms with E-state index in [0.29, 0.717) is 16.3 Å². The molecule has 16 heavy (non-hydrogen) atoms. The van der Waals surface area contributed by atoms with Crippen LogP contribution in [0.3, 0.4) is 0 Å². The van der Waals surface area contributed by atoms with E-state index in [0.717, 1.165) is 0 Å². The van der Waals surface area contributed by atoms with Crippen LogP contribution >= 0.6 is 11.8 Å². The lowest BCUT2D eigenvalue weighted by Crippen LogP contribution is -2.17. The van der Waals surface area contributed by atoms with Gasteiger partial charge in [-0.05, 0) is 12.1 Å². The molecule has 6 nitrogen and oxygen atoms in total. The Morgan fingerprint density at radius 3 is 2.56 bits per heavy atom. The third-order valence-corrected chi connectivity index (χ3v) is 3.62. The zero-order valence-electron chi connectivity index (χ0n) is 8.29. The number of rotatable bonds is 5. The average Bonchev–Trinajstić information content (AvgIpc) is 2.16. The van der Waals surface area contributed by atoms with Gasteiger partial charge in [0.25, 0.3) is 0 Å². The highest BCUT2D eigenvalue weighted by atomic mass is 32.2. The minimum absolute atomic E-state index is 0.114. The molecule has 4 N–H and O–H groups in total. The Balaban J connectivity index is 2.53. The molecule has 0 radical (unpaired) electrons. The van der Waals surface area contributed by atoms with Gasteiger partial charge in [-0.15, -0.1) is 11.8 Å². The van der Waals surface area contributed by atoms with Crippen molar-refractivity contribution in [2.45, 2.75) is 5.03 Å². The number of hydrogen-bond donors (Lipinski definition) is 2. The highest BCUT2D eigenvalue weighted by Crippen LogP contribution is 2.14. The van der Waals surface area contributed by atoms with Crippen LogP contribution in [-0.2, 0) is 10.0 Å². The van der Waals surface area contributed by atoms with E-state index in [1.165, 1.54) is 24.0 Å². The number of primary sulfonamides is 1. The molecule has 8 heteroatoms. The van der Waals surface area contributed by atoms with E-state index in [-0.39, 0.29) is 5.75 Å². The van der Waals surface area contributed by atoms with Crippen LogP contribution in [0.5, 0.6) is 0 Å². The summed E-state index contributed by atoms with van der Waals surface area (Å²) in [6.07, 6.45) is 1.35. The molecule has 0 atom stereocenters. The quantitative estimate of drug-likeness (QED) is 0.697. The Bertz CT molecular complexity index is 470. The van der Waals surface area contributed by atoms with Crippen LogP contribution in [0.15, 0.2) is 23.4 Å². The lowest BCUT2D eigenvalue weighted by Gasteiger charge is -2.00. The summed E-state index contributed by atoms with van der Waals surface area (Å²) in [7, 11) is -3.44. The summed E-state index contributed by atoms with van der Waals surface area (Å²) in [6.45, 7) is 0. The molecule has 1 rings (SSSR count). The summed E-state index contributed by atoms with van der Waals surface area (Å²) < 4.78 is 21.3. The fraction of sp³-hybridized carbons (Fsp3) is 0.250. The Morgan fingerprint density at radius 1 is 1.44 bits per heavy atom. The maximum atomic E-state index is 10.7. The van der Waals surface area contributed by atoms with Gasteiger partial charge in [-0.3, -0.25) is 4.79 Å². The van der Waals surface area contributed by atoms with Gasteiger partial charge in [-0.2, -0.15) is 0 Å². The number of carbonyl (C=O) groups is 1. The minimum atomic E-state index is -3.44. The van der Waals surface area contributed by atoms with Crippen LogP contribution in [0.2, 0.25) is 0 Å². The first-order chi connectivity index (χ1) is 7.38. The highest BCUT2D eigenvalue weighted by molar-refractivity contribution is 8.00. The van der Waals surface area contributed by atoms with Gasteiger partial charge in [0.2, 0.25) is 15.9 Å². The molecule has 88 valence electrons. The SMILES string of the molecule is NC(=O)c1ccc(SCCS(N)(=O)=O)nc1. The van der Waals surface area contributed by atoms with Crippen molar-refractivity contribution in [3.63, 3.8) is 0 Å². The first-order valence-electron chi connectivity index (χ1n) is 4.27. The van der Waals surface area contributed by atoms with E-state index in [1.54, 1.807) is 6.07 Å². The number of nitrogens with zero attached hydrogens (tertiary/aromatic N) is 1. The lowest BCUT2D eigenvalue weighted by atomic mass is 10.3. The van der Waals surface area contributed by atoms with Crippen molar-refractivity contribution >= 4 is 27.7 Å². The summed E-state index contributed by atoms with van der Waals surface area (Å²) in [5.41, 5.74) is 5.36. The summed E-state index contributed by atoms with van der Waals surface area (Å²) in [4.78, 5) is 14.7. The second kappa shape index (κ2) is 5.28. The van der Waals surface area contributed by atoms with Gasteiger partial charge in [-0.25, -0.2) is 18.5 Å². The molecule has 0 saturated carbocycles. The second-order valence-corrected chi connectivity index (χ2v) is 5.81. The van der Waals surface area contributed by atoms with Gasteiger partial charge >= 0.3 is 0 Å². The Hall–Kier alpha value is -1.12. The fourth-order valence-corrected chi connectivity index (χ4v) is 2.64. The first kappa shape index (κ1) is 12.9. The van der Waals surface area contributed by atoms with Crippen LogP contribution in [0.25, 0.3) is 0 Å². The van der Waals surface area contributed by atoms with Crippen LogP contribution in [0, 0.1) is 0 Å². The van der Waals surface area contributed by atoms with Crippen LogP contribution in [-0.4, -0.2) is 30.8 Å². The van der Waals surface area contributed by atoms with Crippen molar-refractivity contribution in [1.29, 1.82) is 0 Å². The molecular formula is C8H11N3O3S2. The zero-order valence-corrected chi connectivity index (χ0v) is 9.92. The van der Waals surface area contributed by atoms with E-state index in [1.807, 2.05) is 0 Å². The van der Waals surface area contributed by atoms with Crippen molar-refractivity contribution in [3.8, 4) is 0 Å². The molecule has 0 aliphatic rings. The van der Waals surface area contributed by atoms with E-state index in [2.05, 4.69) is 4.98 Å². The van der Waals surface area contributed by atoms with Gasteiger partial charge < -0.3 is 5.73 Å². The molecule has 1 amide bonds. The largest absolute Gasteiger partial charge is 0.366 e. The van der Waals surface area contributed by atoms with Gasteiger partial charge in [0.1, 0.15) is 0 Å².